The fourth-order valence-corrected chi connectivity index (χ4v) is 3.39. The number of likely N-dealkylation sites (tertiary alicyclic amines) is 1. The topological polar surface area (TPSA) is 58.4 Å². The molecule has 0 spiro atoms. The van der Waals surface area contributed by atoms with Gasteiger partial charge < -0.3 is 16.0 Å². The van der Waals surface area contributed by atoms with Crippen LogP contribution in [0.5, 0.6) is 0 Å². The number of nitrogens with one attached hydrogen (secondary N) is 1. The van der Waals surface area contributed by atoms with Gasteiger partial charge in [-0.3, -0.25) is 4.79 Å². The average Bonchev–Trinajstić information content (AvgIpc) is 2.36. The number of hydrogen-bond donors (Lipinski definition) is 2. The monoisotopic (exact) mass is 297 g/mol. The lowest BCUT2D eigenvalue weighted by Crippen LogP contribution is -2.42. The van der Waals surface area contributed by atoms with Gasteiger partial charge in [0.05, 0.1) is 6.04 Å². The normalized spacial score (nSPS) is 25.0. The molecule has 1 heterocycles. The van der Waals surface area contributed by atoms with Crippen LogP contribution in [-0.2, 0) is 4.79 Å². The molecule has 0 aliphatic carbocycles. The Balaban J connectivity index is 2.07. The van der Waals surface area contributed by atoms with E-state index < -0.39 is 0 Å². The Hall–Kier alpha value is -0.610. The molecule has 3 atom stereocenters. The van der Waals surface area contributed by atoms with Crippen molar-refractivity contribution in [1.82, 2.24) is 10.2 Å². The van der Waals surface area contributed by atoms with Gasteiger partial charge in [-0.1, -0.05) is 27.7 Å². The van der Waals surface area contributed by atoms with E-state index in [1.165, 1.54) is 19.5 Å². The lowest BCUT2D eigenvalue weighted by molar-refractivity contribution is -0.122. The van der Waals surface area contributed by atoms with E-state index in [9.17, 15) is 4.79 Å². The number of piperidine rings is 1. The van der Waals surface area contributed by atoms with Crippen molar-refractivity contribution in [3.63, 3.8) is 0 Å². The zero-order chi connectivity index (χ0) is 15.8. The maximum absolute atomic E-state index is 11.8. The third kappa shape index (κ3) is 7.82. The van der Waals surface area contributed by atoms with Crippen molar-refractivity contribution in [1.29, 1.82) is 0 Å². The lowest BCUT2D eigenvalue weighted by atomic mass is 9.92. The third-order valence-corrected chi connectivity index (χ3v) is 4.21. The summed E-state index contributed by atoms with van der Waals surface area (Å²) < 4.78 is 0. The lowest BCUT2D eigenvalue weighted by Gasteiger charge is -2.34. The molecule has 0 radical (unpaired) electrons. The highest BCUT2D eigenvalue weighted by molar-refractivity contribution is 5.81. The molecule has 2 unspecified atom stereocenters. The summed E-state index contributed by atoms with van der Waals surface area (Å²) in [4.78, 5) is 14.4. The quantitative estimate of drug-likeness (QED) is 0.676. The smallest absolute Gasteiger partial charge is 0.236 e. The maximum Gasteiger partial charge on any atom is 0.236 e. The number of nitrogens with two attached hydrogens (primary N) is 1. The van der Waals surface area contributed by atoms with Crippen LogP contribution in [0.2, 0.25) is 0 Å². The van der Waals surface area contributed by atoms with E-state index in [-0.39, 0.29) is 11.9 Å². The number of nitrogens with zero attached hydrogens (tertiary/aromatic N) is 1. The van der Waals surface area contributed by atoms with E-state index in [0.29, 0.717) is 5.92 Å². The van der Waals surface area contributed by atoms with Crippen molar-refractivity contribution in [2.45, 2.75) is 59.4 Å². The Kier molecular flexibility index (Phi) is 8.27. The second-order valence-electron chi connectivity index (χ2n) is 7.44. The number of carbonyl (C=O) groups is 1. The van der Waals surface area contributed by atoms with Crippen molar-refractivity contribution in [3.05, 3.63) is 0 Å². The van der Waals surface area contributed by atoms with Gasteiger partial charge in [0, 0.05) is 19.6 Å². The van der Waals surface area contributed by atoms with E-state index in [4.69, 9.17) is 5.73 Å². The largest absolute Gasteiger partial charge is 0.355 e. The number of amides is 1. The summed E-state index contributed by atoms with van der Waals surface area (Å²) in [5.74, 6) is 2.11. The molecule has 1 rings (SSSR count). The molecule has 0 aromatic carbocycles. The van der Waals surface area contributed by atoms with Gasteiger partial charge in [0.25, 0.3) is 0 Å². The Morgan fingerprint density at radius 1 is 1.24 bits per heavy atom. The molecular weight excluding hydrogens is 262 g/mol. The van der Waals surface area contributed by atoms with Gasteiger partial charge in [0.1, 0.15) is 0 Å². The first kappa shape index (κ1) is 18.4. The molecule has 21 heavy (non-hydrogen) atoms. The molecule has 0 aromatic heterocycles. The summed E-state index contributed by atoms with van der Waals surface area (Å²) in [6.45, 7) is 13.2. The summed E-state index contributed by atoms with van der Waals surface area (Å²) in [5, 5.41) is 2.96. The van der Waals surface area contributed by atoms with Gasteiger partial charge in [-0.05, 0) is 50.0 Å². The van der Waals surface area contributed by atoms with Crippen molar-refractivity contribution < 1.29 is 4.79 Å². The molecule has 4 nitrogen and oxygen atoms in total. The minimum atomic E-state index is -0.353. The molecule has 0 saturated carbocycles. The SMILES string of the molecule is CC(C)C[C@H](N)C(=O)NCCCCN1CC(C)CC(C)C1. The Morgan fingerprint density at radius 2 is 1.86 bits per heavy atom. The van der Waals surface area contributed by atoms with Crippen LogP contribution in [0.1, 0.15) is 53.4 Å². The first-order valence-electron chi connectivity index (χ1n) is 8.64. The van der Waals surface area contributed by atoms with Crippen LogP contribution in [0.4, 0.5) is 0 Å². The fourth-order valence-electron chi connectivity index (χ4n) is 3.39. The van der Waals surface area contributed by atoms with Gasteiger partial charge in [-0.2, -0.15) is 0 Å². The average molecular weight is 297 g/mol. The predicted molar refractivity (Wildman–Crippen MR) is 89.1 cm³/mol. The van der Waals surface area contributed by atoms with Crippen molar-refractivity contribution in [2.24, 2.45) is 23.5 Å². The molecule has 0 aromatic rings. The van der Waals surface area contributed by atoms with E-state index in [1.807, 2.05) is 0 Å². The highest BCUT2D eigenvalue weighted by atomic mass is 16.2. The highest BCUT2D eigenvalue weighted by Gasteiger charge is 2.21. The first-order chi connectivity index (χ1) is 9.88. The second kappa shape index (κ2) is 9.42. The van der Waals surface area contributed by atoms with Crippen LogP contribution < -0.4 is 11.1 Å². The number of unbranched alkanes of at least 4 members (excludes halogenated alkanes) is 1. The predicted octanol–water partition coefficient (Wildman–Crippen LogP) is 2.23. The van der Waals surface area contributed by atoms with Gasteiger partial charge >= 0.3 is 0 Å². The molecule has 1 saturated heterocycles. The van der Waals surface area contributed by atoms with Crippen LogP contribution in [0.3, 0.4) is 0 Å². The molecule has 4 heteroatoms. The molecule has 1 aliphatic heterocycles. The van der Waals surface area contributed by atoms with Gasteiger partial charge in [0.15, 0.2) is 0 Å². The number of hydrogen-bond acceptors (Lipinski definition) is 3. The van der Waals surface area contributed by atoms with Crippen molar-refractivity contribution in [2.75, 3.05) is 26.2 Å². The second-order valence-corrected chi connectivity index (χ2v) is 7.44. The van der Waals surface area contributed by atoms with Crippen molar-refractivity contribution >= 4 is 5.91 Å². The summed E-state index contributed by atoms with van der Waals surface area (Å²) in [5.41, 5.74) is 5.86. The van der Waals surface area contributed by atoms with Crippen LogP contribution in [-0.4, -0.2) is 43.0 Å². The summed E-state index contributed by atoms with van der Waals surface area (Å²) >= 11 is 0. The standard InChI is InChI=1S/C17H35N3O/c1-13(2)9-16(18)17(21)19-7-5-6-8-20-11-14(3)10-15(4)12-20/h13-16H,5-12,18H2,1-4H3,(H,19,21)/t14?,15?,16-/m0/s1. The zero-order valence-corrected chi connectivity index (χ0v) is 14.4. The summed E-state index contributed by atoms with van der Waals surface area (Å²) in [6, 6.07) is -0.353. The van der Waals surface area contributed by atoms with Crippen LogP contribution >= 0.6 is 0 Å². The van der Waals surface area contributed by atoms with E-state index in [2.05, 4.69) is 37.9 Å². The Morgan fingerprint density at radius 3 is 2.43 bits per heavy atom. The molecule has 124 valence electrons. The van der Waals surface area contributed by atoms with E-state index in [1.54, 1.807) is 0 Å². The minimum Gasteiger partial charge on any atom is -0.355 e. The first-order valence-corrected chi connectivity index (χ1v) is 8.64. The minimum absolute atomic E-state index is 0.00363. The Bertz CT molecular complexity index is 296. The van der Waals surface area contributed by atoms with E-state index in [0.717, 1.165) is 44.2 Å². The van der Waals surface area contributed by atoms with Crippen molar-refractivity contribution in [3.8, 4) is 0 Å². The molecular formula is C17H35N3O. The van der Waals surface area contributed by atoms with Crippen LogP contribution in [0.15, 0.2) is 0 Å². The molecule has 3 N–H and O–H groups in total. The molecule has 0 bridgehead atoms. The molecule has 1 fully saturated rings. The summed E-state index contributed by atoms with van der Waals surface area (Å²) in [7, 11) is 0. The molecule has 1 aliphatic rings. The number of rotatable bonds is 8. The van der Waals surface area contributed by atoms with Crippen LogP contribution in [0, 0.1) is 17.8 Å². The molecule has 1 amide bonds. The zero-order valence-electron chi connectivity index (χ0n) is 14.4. The van der Waals surface area contributed by atoms with Gasteiger partial charge in [-0.15, -0.1) is 0 Å². The van der Waals surface area contributed by atoms with Gasteiger partial charge in [-0.25, -0.2) is 0 Å². The number of carbonyl (C=O) groups excluding carboxylic acids is 1. The van der Waals surface area contributed by atoms with E-state index >= 15 is 0 Å². The third-order valence-electron chi connectivity index (χ3n) is 4.21. The maximum atomic E-state index is 11.8. The van der Waals surface area contributed by atoms with Crippen LogP contribution in [0.25, 0.3) is 0 Å². The van der Waals surface area contributed by atoms with Gasteiger partial charge in [0.2, 0.25) is 5.91 Å². The Labute approximate surface area is 130 Å². The summed E-state index contributed by atoms with van der Waals surface area (Å²) in [6.07, 6.45) is 4.31. The highest BCUT2D eigenvalue weighted by Crippen LogP contribution is 2.20. The fraction of sp³-hybridized carbons (Fsp3) is 0.941.